The van der Waals surface area contributed by atoms with E-state index < -0.39 is 0 Å². The Morgan fingerprint density at radius 1 is 1.45 bits per heavy atom. The Hall–Kier alpha value is -0.216. The molecule has 0 spiro atoms. The van der Waals surface area contributed by atoms with Crippen LogP contribution in [-0.4, -0.2) is 26.7 Å². The van der Waals surface area contributed by atoms with Crippen LogP contribution >= 0.6 is 0 Å². The second-order valence-corrected chi connectivity index (χ2v) is 0.970. The molecule has 0 saturated heterocycles. The Labute approximate surface area is 90.8 Å². The summed E-state index contributed by atoms with van der Waals surface area (Å²) in [6.45, 7) is 5.98. The average Bonchev–Trinajstić information content (AvgIpc) is 2.01. The average molecular weight is 233 g/mol. The number of methoxy groups -OCH3 is 1. The van der Waals surface area contributed by atoms with Gasteiger partial charge in [-0.3, -0.25) is 0 Å². The van der Waals surface area contributed by atoms with Gasteiger partial charge in [-0.2, -0.15) is 0 Å². The van der Waals surface area contributed by atoms with Crippen molar-refractivity contribution in [3.63, 3.8) is 0 Å². The van der Waals surface area contributed by atoms with E-state index in [2.05, 4.69) is 16.1 Å². The van der Waals surface area contributed by atoms with Crippen LogP contribution in [0.2, 0.25) is 0 Å². The first kappa shape index (κ1) is 17.0. The molecule has 0 saturated carbocycles. The van der Waals surface area contributed by atoms with Gasteiger partial charge in [-0.05, 0) is 0 Å². The fraction of sp³-hybridized carbons (Fsp3) is 0.333. The van der Waals surface area contributed by atoms with E-state index in [0.717, 1.165) is 0 Å². The van der Waals surface area contributed by atoms with E-state index in [1.165, 1.54) is 26.1 Å². The predicted molar refractivity (Wildman–Crippen MR) is 34.5 cm³/mol. The minimum Gasteiger partial charge on any atom is -0.655 e. The van der Waals surface area contributed by atoms with Gasteiger partial charge in [0.25, 0.3) is 0 Å². The minimum absolute atomic E-state index is 0. The molecule has 4 nitrogen and oxygen atoms in total. The molecule has 0 bridgehead atoms. The van der Waals surface area contributed by atoms with Crippen LogP contribution in [0.5, 0.6) is 0 Å². The monoisotopic (exact) mass is 233 g/mol. The molecular weight excluding hydrogens is 225 g/mol. The van der Waals surface area contributed by atoms with Crippen LogP contribution in [0, 0.1) is 0 Å². The summed E-state index contributed by atoms with van der Waals surface area (Å²) in [7, 11) is 1.26. The van der Waals surface area contributed by atoms with E-state index in [-0.39, 0.29) is 39.3 Å². The Morgan fingerprint density at radius 2 is 1.91 bits per heavy atom. The standard InChI is InChI=1S/C4H5O2.C2H3O2.Y/c1-2-3-6-4-5;1-4-2-3;/h2H,1,3H2;1H3;/q2*-1;. The molecule has 5 heteroatoms. The van der Waals surface area contributed by atoms with Gasteiger partial charge in [0.15, 0.2) is 0 Å². The Balaban J connectivity index is -0.000000114. The third-order valence-electron chi connectivity index (χ3n) is 0.343. The Bertz CT molecular complexity index is 86.6. The second kappa shape index (κ2) is 22.6. The summed E-state index contributed by atoms with van der Waals surface area (Å²) in [5, 5.41) is 0. The molecule has 0 fully saturated rings. The topological polar surface area (TPSA) is 52.6 Å². The van der Waals surface area contributed by atoms with Crippen molar-refractivity contribution >= 4 is 12.9 Å². The zero-order valence-electron chi connectivity index (χ0n) is 6.20. The van der Waals surface area contributed by atoms with E-state index in [4.69, 9.17) is 9.59 Å². The molecule has 0 aromatic rings. The number of hydrogen-bond acceptors (Lipinski definition) is 4. The third-order valence-corrected chi connectivity index (χ3v) is 0.343. The van der Waals surface area contributed by atoms with Crippen molar-refractivity contribution in [3.8, 4) is 0 Å². The van der Waals surface area contributed by atoms with Crippen LogP contribution < -0.4 is 0 Å². The molecule has 61 valence electrons. The first-order valence-corrected chi connectivity index (χ1v) is 2.33. The summed E-state index contributed by atoms with van der Waals surface area (Å²) in [5.41, 5.74) is 0. The van der Waals surface area contributed by atoms with Gasteiger partial charge >= 0.3 is 0 Å². The maximum Gasteiger partial charge on any atom is 0.0671 e. The normalized spacial score (nSPS) is 5.55. The van der Waals surface area contributed by atoms with Crippen LogP contribution in [0.25, 0.3) is 0 Å². The first-order chi connectivity index (χ1) is 4.83. The molecule has 0 rings (SSSR count). The summed E-state index contributed by atoms with van der Waals surface area (Å²) in [5.74, 6) is 0. The van der Waals surface area contributed by atoms with E-state index in [9.17, 15) is 0 Å². The summed E-state index contributed by atoms with van der Waals surface area (Å²) in [4.78, 5) is 18.0. The van der Waals surface area contributed by atoms with Crippen molar-refractivity contribution in [3.05, 3.63) is 12.7 Å². The van der Waals surface area contributed by atoms with Crippen molar-refractivity contribution in [2.75, 3.05) is 13.7 Å². The Kier molecular flexibility index (Phi) is 35.0. The zero-order chi connectivity index (χ0) is 8.24. The fourth-order valence-electron chi connectivity index (χ4n) is 0.0929. The number of rotatable bonds is 4. The second-order valence-electron chi connectivity index (χ2n) is 0.970. The van der Waals surface area contributed by atoms with Gasteiger partial charge in [0, 0.05) is 39.8 Å². The van der Waals surface area contributed by atoms with Gasteiger partial charge in [-0.15, -0.1) is 0 Å². The summed E-state index contributed by atoms with van der Waals surface area (Å²) >= 11 is 0. The summed E-state index contributed by atoms with van der Waals surface area (Å²) in [6.07, 6.45) is 1.48. The van der Waals surface area contributed by atoms with Gasteiger partial charge in [0.1, 0.15) is 0 Å². The molecule has 0 aromatic heterocycles. The van der Waals surface area contributed by atoms with Crippen LogP contribution in [0.15, 0.2) is 12.7 Å². The summed E-state index contributed by atoms with van der Waals surface area (Å²) < 4.78 is 7.80. The van der Waals surface area contributed by atoms with Crippen LogP contribution in [0.4, 0.5) is 0 Å². The molecule has 1 radical (unpaired) electrons. The Morgan fingerprint density at radius 3 is 2.00 bits per heavy atom. The van der Waals surface area contributed by atoms with Crippen molar-refractivity contribution in [1.82, 2.24) is 0 Å². The van der Waals surface area contributed by atoms with Gasteiger partial charge in [0.05, 0.1) is 6.61 Å². The van der Waals surface area contributed by atoms with E-state index in [1.54, 1.807) is 0 Å². The van der Waals surface area contributed by atoms with Crippen LogP contribution in [0.1, 0.15) is 0 Å². The maximum atomic E-state index is 9.17. The van der Waals surface area contributed by atoms with Crippen molar-refractivity contribution in [2.24, 2.45) is 0 Å². The molecule has 11 heavy (non-hydrogen) atoms. The molecular formula is C6H8O4Y-2. The maximum absolute atomic E-state index is 9.17. The molecule has 0 aliphatic rings. The van der Waals surface area contributed by atoms with Gasteiger partial charge in [-0.1, -0.05) is 25.6 Å². The minimum atomic E-state index is 0. The smallest absolute Gasteiger partial charge is 0.0671 e. The molecule has 0 N–H and O–H groups in total. The van der Waals surface area contributed by atoms with Crippen molar-refractivity contribution in [1.29, 1.82) is 0 Å². The molecule has 0 amide bonds. The number of hydrogen-bond donors (Lipinski definition) is 0. The zero-order valence-corrected chi connectivity index (χ0v) is 9.04. The molecule has 0 aliphatic carbocycles. The fourth-order valence-corrected chi connectivity index (χ4v) is 0.0929. The largest absolute Gasteiger partial charge is 0.655 e. The van der Waals surface area contributed by atoms with Gasteiger partial charge < -0.3 is 19.1 Å². The van der Waals surface area contributed by atoms with Gasteiger partial charge in [-0.25, -0.2) is 0 Å². The SMILES string of the molecule is C=CCO[C-]=O.CO[C-]=O.[Y]. The third kappa shape index (κ3) is 41.4. The van der Waals surface area contributed by atoms with E-state index in [1.807, 2.05) is 0 Å². The van der Waals surface area contributed by atoms with Crippen molar-refractivity contribution < 1.29 is 51.8 Å². The molecule has 0 heterocycles. The molecule has 0 aromatic carbocycles. The molecule has 0 aliphatic heterocycles. The van der Waals surface area contributed by atoms with Crippen LogP contribution in [-0.2, 0) is 51.8 Å². The quantitative estimate of drug-likeness (QED) is 0.388. The van der Waals surface area contributed by atoms with Crippen LogP contribution in [0.3, 0.4) is 0 Å². The number of carbonyl (C=O) groups excluding carboxylic acids is 2. The van der Waals surface area contributed by atoms with E-state index in [0.29, 0.717) is 0 Å². The first-order valence-electron chi connectivity index (χ1n) is 2.33. The van der Waals surface area contributed by atoms with E-state index >= 15 is 0 Å². The predicted octanol–water partition coefficient (Wildman–Crippen LogP) is -0.0463. The number of ether oxygens (including phenoxy) is 2. The van der Waals surface area contributed by atoms with Crippen molar-refractivity contribution in [2.45, 2.75) is 0 Å². The summed E-state index contributed by atoms with van der Waals surface area (Å²) in [6, 6.07) is 0. The molecule has 0 unspecified atom stereocenters. The molecule has 0 atom stereocenters. The van der Waals surface area contributed by atoms with Gasteiger partial charge in [0.2, 0.25) is 0 Å².